The molecule has 2 heterocycles. The van der Waals surface area contributed by atoms with E-state index in [2.05, 4.69) is 20.4 Å². The first-order valence-corrected chi connectivity index (χ1v) is 5.99. The highest BCUT2D eigenvalue weighted by Gasteiger charge is 2.23. The zero-order valence-corrected chi connectivity index (χ0v) is 9.37. The van der Waals surface area contributed by atoms with E-state index < -0.39 is 0 Å². The topological polar surface area (TPSA) is 43.6 Å². The van der Waals surface area contributed by atoms with Crippen LogP contribution < -0.4 is 0 Å². The van der Waals surface area contributed by atoms with Crippen molar-refractivity contribution in [2.24, 2.45) is 13.0 Å². The molecule has 0 spiro atoms. The van der Waals surface area contributed by atoms with Crippen LogP contribution in [0.2, 0.25) is 0 Å². The Bertz CT molecular complexity index is 469. The molecule has 4 nitrogen and oxygen atoms in total. The lowest BCUT2D eigenvalue weighted by molar-refractivity contribution is 0.771. The number of aryl methyl sites for hydroxylation is 1. The molecule has 0 unspecified atom stereocenters. The number of thiazole rings is 1. The molecule has 0 atom stereocenters. The monoisotopic (exact) mass is 220 g/mol. The number of aromatic nitrogens is 4. The Labute approximate surface area is 92.0 Å². The number of rotatable bonds is 3. The second-order valence-corrected chi connectivity index (χ2v) is 4.86. The summed E-state index contributed by atoms with van der Waals surface area (Å²) >= 11 is 1.66. The van der Waals surface area contributed by atoms with Gasteiger partial charge in [0.05, 0.1) is 5.69 Å². The maximum atomic E-state index is 4.59. The van der Waals surface area contributed by atoms with Crippen LogP contribution >= 0.6 is 11.3 Å². The first kappa shape index (κ1) is 9.03. The molecule has 0 saturated heterocycles. The maximum Gasteiger partial charge on any atom is 0.186 e. The Morgan fingerprint density at radius 3 is 3.07 bits per heavy atom. The molecule has 0 N–H and O–H groups in total. The van der Waals surface area contributed by atoms with Gasteiger partial charge in [-0.2, -0.15) is 5.10 Å². The van der Waals surface area contributed by atoms with Crippen LogP contribution in [-0.2, 0) is 13.5 Å². The van der Waals surface area contributed by atoms with E-state index in [-0.39, 0.29) is 0 Å². The average molecular weight is 220 g/mol. The highest BCUT2D eigenvalue weighted by atomic mass is 32.1. The quantitative estimate of drug-likeness (QED) is 0.793. The van der Waals surface area contributed by atoms with Gasteiger partial charge in [0.25, 0.3) is 0 Å². The minimum atomic E-state index is 0.863. The second-order valence-electron chi connectivity index (χ2n) is 4.00. The molecule has 0 aromatic carbocycles. The van der Waals surface area contributed by atoms with Gasteiger partial charge in [0.2, 0.25) is 0 Å². The van der Waals surface area contributed by atoms with Crippen LogP contribution in [0.1, 0.15) is 18.5 Å². The SMILES string of the molecule is Cn1ncnc1-c1nc(CC2CC2)cs1. The van der Waals surface area contributed by atoms with Gasteiger partial charge in [-0.1, -0.05) is 0 Å². The number of hydrogen-bond acceptors (Lipinski definition) is 4. The smallest absolute Gasteiger partial charge is 0.186 e. The van der Waals surface area contributed by atoms with Crippen molar-refractivity contribution in [2.75, 3.05) is 0 Å². The van der Waals surface area contributed by atoms with Crippen molar-refractivity contribution in [1.82, 2.24) is 19.7 Å². The van der Waals surface area contributed by atoms with Crippen LogP contribution in [0.15, 0.2) is 11.7 Å². The standard InChI is InChI=1S/C10H12N4S/c1-14-9(11-6-12-14)10-13-8(5-15-10)4-7-2-3-7/h5-7H,2-4H2,1H3. The van der Waals surface area contributed by atoms with Crippen LogP contribution in [0.3, 0.4) is 0 Å². The van der Waals surface area contributed by atoms with Gasteiger partial charge < -0.3 is 0 Å². The molecule has 1 aliphatic carbocycles. The lowest BCUT2D eigenvalue weighted by atomic mass is 10.2. The van der Waals surface area contributed by atoms with Gasteiger partial charge in [-0.25, -0.2) is 14.6 Å². The predicted molar refractivity (Wildman–Crippen MR) is 58.5 cm³/mol. The molecule has 78 valence electrons. The highest BCUT2D eigenvalue weighted by Crippen LogP contribution is 2.33. The molecule has 2 aromatic heterocycles. The van der Waals surface area contributed by atoms with Crippen molar-refractivity contribution in [2.45, 2.75) is 19.3 Å². The van der Waals surface area contributed by atoms with E-state index >= 15 is 0 Å². The summed E-state index contributed by atoms with van der Waals surface area (Å²) in [4.78, 5) is 8.78. The van der Waals surface area contributed by atoms with Crippen molar-refractivity contribution in [1.29, 1.82) is 0 Å². The Balaban J connectivity index is 1.86. The van der Waals surface area contributed by atoms with Gasteiger partial charge in [-0.05, 0) is 25.2 Å². The summed E-state index contributed by atoms with van der Waals surface area (Å²) in [6.07, 6.45) is 5.44. The van der Waals surface area contributed by atoms with Crippen LogP contribution in [-0.4, -0.2) is 19.7 Å². The number of hydrogen-bond donors (Lipinski definition) is 0. The zero-order chi connectivity index (χ0) is 10.3. The van der Waals surface area contributed by atoms with Gasteiger partial charge in [0, 0.05) is 12.4 Å². The zero-order valence-electron chi connectivity index (χ0n) is 8.55. The van der Waals surface area contributed by atoms with Crippen molar-refractivity contribution >= 4 is 11.3 Å². The Morgan fingerprint density at radius 1 is 1.53 bits per heavy atom. The molecule has 0 radical (unpaired) electrons. The fraction of sp³-hybridized carbons (Fsp3) is 0.500. The van der Waals surface area contributed by atoms with Crippen molar-refractivity contribution in [3.8, 4) is 10.8 Å². The molecule has 0 bridgehead atoms. The minimum absolute atomic E-state index is 0.863. The van der Waals surface area contributed by atoms with Gasteiger partial charge >= 0.3 is 0 Å². The van der Waals surface area contributed by atoms with Crippen LogP contribution in [0.5, 0.6) is 0 Å². The van der Waals surface area contributed by atoms with Gasteiger partial charge in [-0.15, -0.1) is 11.3 Å². The van der Waals surface area contributed by atoms with Crippen molar-refractivity contribution in [3.05, 3.63) is 17.4 Å². The first-order valence-electron chi connectivity index (χ1n) is 5.11. The summed E-state index contributed by atoms with van der Waals surface area (Å²) in [6, 6.07) is 0. The van der Waals surface area contributed by atoms with E-state index in [0.717, 1.165) is 23.2 Å². The molecule has 15 heavy (non-hydrogen) atoms. The van der Waals surface area contributed by atoms with E-state index in [1.54, 1.807) is 22.3 Å². The molecule has 0 aliphatic heterocycles. The van der Waals surface area contributed by atoms with E-state index in [0.29, 0.717) is 0 Å². The molecule has 2 aromatic rings. The third-order valence-corrected chi connectivity index (χ3v) is 3.54. The third kappa shape index (κ3) is 1.79. The molecular weight excluding hydrogens is 208 g/mol. The van der Waals surface area contributed by atoms with Gasteiger partial charge in [0.15, 0.2) is 10.8 Å². The molecular formula is C10H12N4S. The summed E-state index contributed by atoms with van der Waals surface area (Å²) in [5, 5.41) is 7.17. The second kappa shape index (κ2) is 3.41. The fourth-order valence-corrected chi connectivity index (χ4v) is 2.47. The third-order valence-electron chi connectivity index (χ3n) is 2.65. The molecule has 1 fully saturated rings. The van der Waals surface area contributed by atoms with E-state index in [9.17, 15) is 0 Å². The molecule has 1 saturated carbocycles. The lowest BCUT2D eigenvalue weighted by Crippen LogP contribution is -1.94. The van der Waals surface area contributed by atoms with Crippen molar-refractivity contribution < 1.29 is 0 Å². The van der Waals surface area contributed by atoms with Crippen LogP contribution in [0.25, 0.3) is 10.8 Å². The summed E-state index contributed by atoms with van der Waals surface area (Å²) in [5.41, 5.74) is 1.21. The summed E-state index contributed by atoms with van der Waals surface area (Å²) in [6.45, 7) is 0. The lowest BCUT2D eigenvalue weighted by Gasteiger charge is -1.94. The van der Waals surface area contributed by atoms with Crippen LogP contribution in [0.4, 0.5) is 0 Å². The van der Waals surface area contributed by atoms with E-state index in [4.69, 9.17) is 0 Å². The molecule has 1 aliphatic rings. The number of nitrogens with zero attached hydrogens (tertiary/aromatic N) is 4. The Hall–Kier alpha value is -1.23. The van der Waals surface area contributed by atoms with Gasteiger partial charge in [-0.3, -0.25) is 0 Å². The Morgan fingerprint density at radius 2 is 2.40 bits per heavy atom. The first-order chi connectivity index (χ1) is 7.33. The normalized spacial score (nSPS) is 15.8. The molecule has 0 amide bonds. The highest BCUT2D eigenvalue weighted by molar-refractivity contribution is 7.13. The summed E-state index contributed by atoms with van der Waals surface area (Å²) < 4.78 is 1.76. The molecule has 3 rings (SSSR count). The summed E-state index contributed by atoms with van der Waals surface area (Å²) in [5.74, 6) is 1.75. The summed E-state index contributed by atoms with van der Waals surface area (Å²) in [7, 11) is 1.89. The largest absolute Gasteiger partial charge is 0.247 e. The van der Waals surface area contributed by atoms with Gasteiger partial charge in [0.1, 0.15) is 6.33 Å². The molecule has 5 heteroatoms. The maximum absolute atomic E-state index is 4.59. The van der Waals surface area contributed by atoms with E-state index in [1.165, 1.54) is 18.5 Å². The predicted octanol–water partition coefficient (Wildman–Crippen LogP) is 1.89. The van der Waals surface area contributed by atoms with Crippen LogP contribution in [0, 0.1) is 5.92 Å². The minimum Gasteiger partial charge on any atom is -0.247 e. The van der Waals surface area contributed by atoms with Crippen molar-refractivity contribution in [3.63, 3.8) is 0 Å². The Kier molecular flexibility index (Phi) is 2.05. The van der Waals surface area contributed by atoms with E-state index in [1.807, 2.05) is 7.05 Å². The average Bonchev–Trinajstić information content (AvgIpc) is 2.74. The fourth-order valence-electron chi connectivity index (χ4n) is 1.61.